The van der Waals surface area contributed by atoms with E-state index in [1.807, 2.05) is 34.9 Å². The molecule has 10 heteroatoms. The first-order chi connectivity index (χ1) is 14.3. The zero-order valence-electron chi connectivity index (χ0n) is 16.4. The van der Waals surface area contributed by atoms with Gasteiger partial charge in [-0.1, -0.05) is 6.07 Å². The first kappa shape index (κ1) is 19.0. The fraction of sp³-hybridized carbons (Fsp3) is 0.632. The quantitative estimate of drug-likeness (QED) is 0.773. The minimum Gasteiger partial charge on any atom is -0.331 e. The van der Waals surface area contributed by atoms with Crippen molar-refractivity contribution in [3.8, 4) is 5.82 Å². The SMILES string of the molecule is O=C([C@@H]1C[C@H](N2CCC(c3nnnn3-c3ccccn3)CC2)CN1)N1CCSC1. The van der Waals surface area contributed by atoms with Crippen molar-refractivity contribution in [2.75, 3.05) is 37.8 Å². The Morgan fingerprint density at radius 3 is 2.86 bits per heavy atom. The normalized spacial score (nSPS) is 26.3. The smallest absolute Gasteiger partial charge is 0.240 e. The minimum atomic E-state index is -0.0205. The molecule has 2 aromatic heterocycles. The third-order valence-corrected chi connectivity index (χ3v) is 7.21. The first-order valence-corrected chi connectivity index (χ1v) is 11.5. The van der Waals surface area contributed by atoms with E-state index < -0.39 is 0 Å². The second-order valence-corrected chi connectivity index (χ2v) is 9.01. The summed E-state index contributed by atoms with van der Waals surface area (Å²) < 4.78 is 1.76. The zero-order valence-corrected chi connectivity index (χ0v) is 17.2. The molecule has 154 valence electrons. The van der Waals surface area contributed by atoms with Crippen LogP contribution in [0.25, 0.3) is 5.82 Å². The highest BCUT2D eigenvalue weighted by Crippen LogP contribution is 2.30. The highest BCUT2D eigenvalue weighted by Gasteiger charge is 2.37. The van der Waals surface area contributed by atoms with Crippen LogP contribution in [0.15, 0.2) is 24.4 Å². The Morgan fingerprint density at radius 1 is 1.21 bits per heavy atom. The van der Waals surface area contributed by atoms with Gasteiger partial charge in [-0.05, 0) is 54.9 Å². The maximum absolute atomic E-state index is 12.7. The number of pyridine rings is 1. The lowest BCUT2D eigenvalue weighted by Gasteiger charge is -2.35. The number of amides is 1. The predicted octanol–water partition coefficient (Wildman–Crippen LogP) is 0.500. The standard InChI is InChI=1S/C19H26N8OS/c28-19(26-9-10-29-13-26)16-11-15(12-21-16)25-7-4-14(5-8-25)18-22-23-24-27(18)17-3-1-2-6-20-17/h1-3,6,14-16,21H,4-5,7-13H2/t15-,16-/m0/s1. The Morgan fingerprint density at radius 2 is 2.10 bits per heavy atom. The number of carbonyl (C=O) groups excluding carboxylic acids is 1. The largest absolute Gasteiger partial charge is 0.331 e. The van der Waals surface area contributed by atoms with Gasteiger partial charge in [-0.2, -0.15) is 4.68 Å². The number of hydrogen-bond acceptors (Lipinski definition) is 8. The maximum atomic E-state index is 12.7. The van der Waals surface area contributed by atoms with Gasteiger partial charge in [0.15, 0.2) is 11.6 Å². The molecule has 5 heterocycles. The van der Waals surface area contributed by atoms with Crippen LogP contribution in [-0.4, -0.2) is 90.8 Å². The van der Waals surface area contributed by atoms with Gasteiger partial charge in [-0.15, -0.1) is 16.9 Å². The van der Waals surface area contributed by atoms with Crippen molar-refractivity contribution in [2.45, 2.75) is 37.3 Å². The third kappa shape index (κ3) is 3.88. The number of carbonyl (C=O) groups is 1. The number of likely N-dealkylation sites (tertiary alicyclic amines) is 1. The molecule has 0 aliphatic carbocycles. The van der Waals surface area contributed by atoms with E-state index in [1.54, 1.807) is 10.9 Å². The molecule has 29 heavy (non-hydrogen) atoms. The summed E-state index contributed by atoms with van der Waals surface area (Å²) in [6.07, 6.45) is 4.71. The van der Waals surface area contributed by atoms with Crippen LogP contribution < -0.4 is 5.32 Å². The number of tetrazole rings is 1. The van der Waals surface area contributed by atoms with Gasteiger partial charge < -0.3 is 10.2 Å². The average molecular weight is 415 g/mol. The van der Waals surface area contributed by atoms with Crippen molar-refractivity contribution in [3.05, 3.63) is 30.2 Å². The number of rotatable bonds is 4. The number of nitrogens with zero attached hydrogens (tertiary/aromatic N) is 7. The molecule has 1 N–H and O–H groups in total. The van der Waals surface area contributed by atoms with Gasteiger partial charge in [-0.3, -0.25) is 9.69 Å². The van der Waals surface area contributed by atoms with Crippen LogP contribution in [0, 0.1) is 0 Å². The second-order valence-electron chi connectivity index (χ2n) is 7.94. The van der Waals surface area contributed by atoms with E-state index in [-0.39, 0.29) is 11.9 Å². The summed E-state index contributed by atoms with van der Waals surface area (Å²) in [4.78, 5) is 21.6. The van der Waals surface area contributed by atoms with Gasteiger partial charge in [0.2, 0.25) is 5.91 Å². The van der Waals surface area contributed by atoms with Crippen LogP contribution >= 0.6 is 11.8 Å². The van der Waals surface area contributed by atoms with E-state index in [0.29, 0.717) is 12.0 Å². The van der Waals surface area contributed by atoms with Gasteiger partial charge in [0.05, 0.1) is 11.9 Å². The van der Waals surface area contributed by atoms with Crippen molar-refractivity contribution in [3.63, 3.8) is 0 Å². The van der Waals surface area contributed by atoms with E-state index in [9.17, 15) is 4.79 Å². The summed E-state index contributed by atoms with van der Waals surface area (Å²) in [6.45, 7) is 3.80. The molecule has 1 amide bonds. The maximum Gasteiger partial charge on any atom is 0.240 e. The molecule has 3 fully saturated rings. The Kier molecular flexibility index (Phi) is 5.47. The van der Waals surface area contributed by atoms with Crippen molar-refractivity contribution in [2.24, 2.45) is 0 Å². The number of thioether (sulfide) groups is 1. The summed E-state index contributed by atoms with van der Waals surface area (Å²) in [6, 6.07) is 6.18. The van der Waals surface area contributed by atoms with E-state index in [2.05, 4.69) is 30.7 Å². The molecule has 0 bridgehead atoms. The molecule has 9 nitrogen and oxygen atoms in total. The van der Waals surface area contributed by atoms with Crippen LogP contribution in [0.4, 0.5) is 0 Å². The molecule has 0 aromatic carbocycles. The second kappa shape index (κ2) is 8.37. The number of hydrogen-bond donors (Lipinski definition) is 1. The molecule has 0 unspecified atom stereocenters. The van der Waals surface area contributed by atoms with Gasteiger partial charge in [0.25, 0.3) is 0 Å². The molecule has 2 aromatic rings. The third-order valence-electron chi connectivity index (χ3n) is 6.24. The van der Waals surface area contributed by atoms with Crippen molar-refractivity contribution in [1.29, 1.82) is 0 Å². The molecule has 3 saturated heterocycles. The van der Waals surface area contributed by atoms with E-state index in [1.165, 1.54) is 0 Å². The highest BCUT2D eigenvalue weighted by molar-refractivity contribution is 7.99. The van der Waals surface area contributed by atoms with Gasteiger partial charge in [-0.25, -0.2) is 4.98 Å². The summed E-state index contributed by atoms with van der Waals surface area (Å²) in [5.74, 6) is 4.17. The summed E-state index contributed by atoms with van der Waals surface area (Å²) in [7, 11) is 0. The van der Waals surface area contributed by atoms with Crippen molar-refractivity contribution in [1.82, 2.24) is 40.3 Å². The molecule has 5 rings (SSSR count). The monoisotopic (exact) mass is 414 g/mol. The lowest BCUT2D eigenvalue weighted by molar-refractivity contribution is -0.131. The van der Waals surface area contributed by atoms with Crippen molar-refractivity contribution >= 4 is 17.7 Å². The van der Waals surface area contributed by atoms with Crippen molar-refractivity contribution < 1.29 is 4.79 Å². The Hall–Kier alpha value is -2.04. The van der Waals surface area contributed by atoms with Gasteiger partial charge in [0, 0.05) is 37.0 Å². The lowest BCUT2D eigenvalue weighted by atomic mass is 9.94. The molecular weight excluding hydrogens is 388 g/mol. The van der Waals surface area contributed by atoms with Crippen LogP contribution in [0.5, 0.6) is 0 Å². The average Bonchev–Trinajstić information content (AvgIpc) is 3.56. The topological polar surface area (TPSA) is 92.1 Å². The zero-order chi connectivity index (χ0) is 19.6. The first-order valence-electron chi connectivity index (χ1n) is 10.3. The summed E-state index contributed by atoms with van der Waals surface area (Å²) >= 11 is 1.84. The number of nitrogens with one attached hydrogen (secondary N) is 1. The van der Waals surface area contributed by atoms with E-state index in [4.69, 9.17) is 0 Å². The Balaban J connectivity index is 1.18. The molecule has 3 aliphatic rings. The highest BCUT2D eigenvalue weighted by atomic mass is 32.2. The van der Waals surface area contributed by atoms with Crippen LogP contribution in [0.2, 0.25) is 0 Å². The Labute approximate surface area is 174 Å². The van der Waals surface area contributed by atoms with Gasteiger partial charge >= 0.3 is 0 Å². The lowest BCUT2D eigenvalue weighted by Crippen LogP contribution is -2.42. The summed E-state index contributed by atoms with van der Waals surface area (Å²) in [5.41, 5.74) is 0. The van der Waals surface area contributed by atoms with E-state index in [0.717, 1.165) is 68.7 Å². The molecule has 0 saturated carbocycles. The van der Waals surface area contributed by atoms with Crippen LogP contribution in [0.3, 0.4) is 0 Å². The fourth-order valence-electron chi connectivity index (χ4n) is 4.61. The Bertz CT molecular complexity index is 832. The van der Waals surface area contributed by atoms with Crippen LogP contribution in [0.1, 0.15) is 31.0 Å². The molecule has 0 radical (unpaired) electrons. The molecule has 2 atom stereocenters. The predicted molar refractivity (Wildman–Crippen MR) is 110 cm³/mol. The van der Waals surface area contributed by atoms with Crippen LogP contribution in [-0.2, 0) is 4.79 Å². The molecule has 0 spiro atoms. The fourth-order valence-corrected chi connectivity index (χ4v) is 5.56. The minimum absolute atomic E-state index is 0.0205. The molecule has 3 aliphatic heterocycles. The van der Waals surface area contributed by atoms with Gasteiger partial charge in [0.1, 0.15) is 0 Å². The number of piperidine rings is 1. The summed E-state index contributed by atoms with van der Waals surface area (Å²) in [5, 5.41) is 15.8. The molecular formula is C19H26N8OS. The number of aromatic nitrogens is 5. The van der Waals surface area contributed by atoms with E-state index >= 15 is 0 Å².